The van der Waals surface area contributed by atoms with Gasteiger partial charge in [-0.1, -0.05) is 49.3 Å². The highest BCUT2D eigenvalue weighted by Crippen LogP contribution is 2.59. The van der Waals surface area contributed by atoms with Gasteiger partial charge in [-0.25, -0.2) is 0 Å². The molecule has 0 bridgehead atoms. The first kappa shape index (κ1) is 19.0. The van der Waals surface area contributed by atoms with Crippen molar-refractivity contribution in [3.8, 4) is 0 Å². The lowest BCUT2D eigenvalue weighted by atomic mass is 9.64. The Kier molecular flexibility index (Phi) is 5.66. The minimum absolute atomic E-state index is 0.544. The zero-order valence-electron chi connectivity index (χ0n) is 17.4. The zero-order chi connectivity index (χ0) is 18.2. The first-order valence-corrected chi connectivity index (χ1v) is 10.8. The predicted molar refractivity (Wildman–Crippen MR) is 110 cm³/mol. The molecule has 0 spiro atoms. The number of allylic oxidation sites excluding steroid dienone is 5. The molecule has 0 heterocycles. The molecule has 0 heteroatoms. The fourth-order valence-electron chi connectivity index (χ4n) is 6.45. The lowest BCUT2D eigenvalue weighted by Crippen LogP contribution is -2.32. The van der Waals surface area contributed by atoms with E-state index in [1.54, 1.807) is 11.1 Å². The highest BCUT2D eigenvalue weighted by atomic mass is 14.5. The molecule has 0 saturated heterocycles. The van der Waals surface area contributed by atoms with E-state index >= 15 is 0 Å². The van der Waals surface area contributed by atoms with Crippen LogP contribution in [-0.2, 0) is 0 Å². The summed E-state index contributed by atoms with van der Waals surface area (Å²) >= 11 is 0. The summed E-state index contributed by atoms with van der Waals surface area (Å²) < 4.78 is 0. The number of fused-ring (bicyclic) bond motifs is 2. The van der Waals surface area contributed by atoms with Crippen LogP contribution in [0.25, 0.3) is 0 Å². The van der Waals surface area contributed by atoms with Gasteiger partial charge >= 0.3 is 0 Å². The summed E-state index contributed by atoms with van der Waals surface area (Å²) in [5.74, 6) is 4.24. The van der Waals surface area contributed by atoms with E-state index in [1.165, 1.54) is 56.9 Å². The Balaban J connectivity index is 1.77. The van der Waals surface area contributed by atoms with Gasteiger partial charge in [0.25, 0.3) is 0 Å². The van der Waals surface area contributed by atoms with Crippen molar-refractivity contribution in [3.63, 3.8) is 0 Å². The maximum Gasteiger partial charge on any atom is -0.0135 e. The van der Waals surface area contributed by atoms with Gasteiger partial charge in [0.2, 0.25) is 0 Å². The molecule has 2 fully saturated rings. The Hall–Kier alpha value is -0.780. The van der Waals surface area contributed by atoms with E-state index in [9.17, 15) is 0 Å². The fourth-order valence-corrected chi connectivity index (χ4v) is 6.45. The van der Waals surface area contributed by atoms with Gasteiger partial charge in [0.05, 0.1) is 0 Å². The van der Waals surface area contributed by atoms with Gasteiger partial charge in [0, 0.05) is 0 Å². The van der Waals surface area contributed by atoms with Crippen molar-refractivity contribution in [2.45, 2.75) is 86.0 Å². The van der Waals surface area contributed by atoms with Crippen LogP contribution in [0.15, 0.2) is 35.5 Å². The standard InChI is InChI=1S/C25H40/c1-17(2)8-7-9-18(3)22-14-15-25(6)16-23-20(5)10-12-21(23)19(4)11-13-24(22)25/h8,11,18,21-24H,5,7,9-10,12-16H2,1-4,6H3/t18-,21+,22+,23+,24-,25+/m0/s1. The third-order valence-electron chi connectivity index (χ3n) is 8.12. The van der Waals surface area contributed by atoms with Crippen molar-refractivity contribution >= 4 is 0 Å². The first-order chi connectivity index (χ1) is 11.8. The molecule has 0 aromatic rings. The lowest BCUT2D eigenvalue weighted by molar-refractivity contribution is 0.121. The molecule has 0 aromatic carbocycles. The second-order valence-electron chi connectivity index (χ2n) is 10.1. The molecule has 140 valence electrons. The highest BCUT2D eigenvalue weighted by molar-refractivity contribution is 5.22. The van der Waals surface area contributed by atoms with E-state index in [-0.39, 0.29) is 0 Å². The average molecular weight is 341 g/mol. The minimum atomic E-state index is 0.544. The Morgan fingerprint density at radius 1 is 1.32 bits per heavy atom. The molecule has 25 heavy (non-hydrogen) atoms. The van der Waals surface area contributed by atoms with E-state index in [1.807, 2.05) is 0 Å². The van der Waals surface area contributed by atoms with Gasteiger partial charge < -0.3 is 0 Å². The van der Waals surface area contributed by atoms with Crippen LogP contribution in [0.3, 0.4) is 0 Å². The van der Waals surface area contributed by atoms with Crippen molar-refractivity contribution in [1.29, 1.82) is 0 Å². The Morgan fingerprint density at radius 2 is 2.08 bits per heavy atom. The van der Waals surface area contributed by atoms with Crippen LogP contribution in [0.1, 0.15) is 86.0 Å². The molecular weight excluding hydrogens is 300 g/mol. The van der Waals surface area contributed by atoms with Crippen molar-refractivity contribution in [2.24, 2.45) is 35.0 Å². The van der Waals surface area contributed by atoms with E-state index in [0.29, 0.717) is 5.41 Å². The molecule has 3 aliphatic rings. The third kappa shape index (κ3) is 3.83. The predicted octanol–water partition coefficient (Wildman–Crippen LogP) is 7.72. The summed E-state index contributed by atoms with van der Waals surface area (Å²) in [4.78, 5) is 0. The van der Waals surface area contributed by atoms with Crippen molar-refractivity contribution in [2.75, 3.05) is 0 Å². The Labute approximate surface area is 156 Å². The first-order valence-electron chi connectivity index (χ1n) is 10.8. The number of hydrogen-bond donors (Lipinski definition) is 0. The SMILES string of the molecule is C=C1CC[C@@H]2C(C)=CC[C@H]3[C@@H]([C@@H](C)CCC=C(C)C)CC[C@]3(C)C[C@H]12. The fraction of sp³-hybridized carbons (Fsp3) is 0.760. The van der Waals surface area contributed by atoms with E-state index in [4.69, 9.17) is 0 Å². The number of rotatable bonds is 4. The molecule has 0 radical (unpaired) electrons. The van der Waals surface area contributed by atoms with Crippen LogP contribution in [0.2, 0.25) is 0 Å². The Bertz CT molecular complexity index is 559. The summed E-state index contributed by atoms with van der Waals surface area (Å²) in [6, 6.07) is 0. The molecular formula is C25H40. The quantitative estimate of drug-likeness (QED) is 0.459. The second-order valence-corrected chi connectivity index (χ2v) is 10.1. The lowest BCUT2D eigenvalue weighted by Gasteiger charge is -2.41. The summed E-state index contributed by atoms with van der Waals surface area (Å²) in [7, 11) is 0. The molecule has 0 aromatic heterocycles. The molecule has 3 rings (SSSR count). The summed E-state index contributed by atoms with van der Waals surface area (Å²) in [6.45, 7) is 16.5. The van der Waals surface area contributed by atoms with Crippen LogP contribution in [0, 0.1) is 35.0 Å². The smallest absolute Gasteiger partial charge is 0.0135 e. The number of hydrogen-bond acceptors (Lipinski definition) is 0. The van der Waals surface area contributed by atoms with Crippen molar-refractivity contribution in [1.82, 2.24) is 0 Å². The molecule has 0 nitrogen and oxygen atoms in total. The molecule has 0 amide bonds. The van der Waals surface area contributed by atoms with Crippen LogP contribution < -0.4 is 0 Å². The van der Waals surface area contributed by atoms with Crippen LogP contribution in [0.5, 0.6) is 0 Å². The normalized spacial score (nSPS) is 39.1. The van der Waals surface area contributed by atoms with E-state index in [2.05, 4.69) is 53.3 Å². The van der Waals surface area contributed by atoms with E-state index in [0.717, 1.165) is 29.6 Å². The molecule has 6 atom stereocenters. The summed E-state index contributed by atoms with van der Waals surface area (Å²) in [5.41, 5.74) is 5.25. The van der Waals surface area contributed by atoms with Gasteiger partial charge in [-0.05, 0) is 107 Å². The summed E-state index contributed by atoms with van der Waals surface area (Å²) in [5, 5.41) is 0. The minimum Gasteiger partial charge on any atom is -0.0996 e. The third-order valence-corrected chi connectivity index (χ3v) is 8.12. The van der Waals surface area contributed by atoms with Gasteiger partial charge in [0.15, 0.2) is 0 Å². The maximum atomic E-state index is 4.47. The maximum absolute atomic E-state index is 4.47. The zero-order valence-corrected chi connectivity index (χ0v) is 17.4. The van der Waals surface area contributed by atoms with E-state index < -0.39 is 0 Å². The molecule has 3 aliphatic carbocycles. The topological polar surface area (TPSA) is 0 Å². The van der Waals surface area contributed by atoms with Gasteiger partial charge in [-0.3, -0.25) is 0 Å². The Morgan fingerprint density at radius 3 is 2.80 bits per heavy atom. The van der Waals surface area contributed by atoms with Crippen LogP contribution in [-0.4, -0.2) is 0 Å². The van der Waals surface area contributed by atoms with Gasteiger partial charge in [-0.2, -0.15) is 0 Å². The molecule has 0 aliphatic heterocycles. The molecule has 0 N–H and O–H groups in total. The van der Waals surface area contributed by atoms with Crippen molar-refractivity contribution in [3.05, 3.63) is 35.5 Å². The second kappa shape index (κ2) is 7.45. The monoisotopic (exact) mass is 340 g/mol. The highest BCUT2D eigenvalue weighted by Gasteiger charge is 2.49. The largest absolute Gasteiger partial charge is 0.0996 e. The molecule has 2 saturated carbocycles. The van der Waals surface area contributed by atoms with Crippen LogP contribution >= 0.6 is 0 Å². The average Bonchev–Trinajstić information content (AvgIpc) is 3.04. The van der Waals surface area contributed by atoms with Gasteiger partial charge in [0.1, 0.15) is 0 Å². The van der Waals surface area contributed by atoms with Gasteiger partial charge in [-0.15, -0.1) is 0 Å². The summed E-state index contributed by atoms with van der Waals surface area (Å²) in [6.07, 6.45) is 16.0. The molecule has 0 unspecified atom stereocenters. The van der Waals surface area contributed by atoms with Crippen LogP contribution in [0.4, 0.5) is 0 Å². The van der Waals surface area contributed by atoms with Crippen molar-refractivity contribution < 1.29 is 0 Å².